The fourth-order valence-corrected chi connectivity index (χ4v) is 8.83. The van der Waals surface area contributed by atoms with Gasteiger partial charge in [0, 0.05) is 33.5 Å². The highest BCUT2D eigenvalue weighted by molar-refractivity contribution is 6.10. The van der Waals surface area contributed by atoms with Crippen molar-refractivity contribution in [1.82, 2.24) is 4.57 Å². The summed E-state index contributed by atoms with van der Waals surface area (Å²) in [5.41, 5.74) is 19.0. The predicted molar refractivity (Wildman–Crippen MR) is 263 cm³/mol. The van der Waals surface area contributed by atoms with Crippen LogP contribution in [0.1, 0.15) is 0 Å². The van der Waals surface area contributed by atoms with Crippen LogP contribution in [0.15, 0.2) is 255 Å². The SMILES string of the molecule is c1ccc(-c2ccc(-c3ccc(N(c4ccccc4)c4ccc(-c5ccc(-c6ccc(-c7ccc8c(c7)c7ccccc7n8-c7ccccc7)cc6)cc5)cc4)cc3)cc2)cc1. The lowest BCUT2D eigenvalue weighted by molar-refractivity contribution is 1.18. The van der Waals surface area contributed by atoms with Gasteiger partial charge in [-0.15, -0.1) is 0 Å². The molecule has 1 heterocycles. The number of hydrogen-bond acceptors (Lipinski definition) is 1. The highest BCUT2D eigenvalue weighted by atomic mass is 15.1. The lowest BCUT2D eigenvalue weighted by Gasteiger charge is -2.26. The molecular weight excluding hydrogens is 749 g/mol. The van der Waals surface area contributed by atoms with E-state index in [1.54, 1.807) is 0 Å². The minimum atomic E-state index is 1.11. The fourth-order valence-electron chi connectivity index (χ4n) is 8.83. The van der Waals surface area contributed by atoms with Crippen molar-refractivity contribution in [2.75, 3.05) is 4.90 Å². The zero-order chi connectivity index (χ0) is 41.2. The summed E-state index contributed by atoms with van der Waals surface area (Å²) >= 11 is 0. The van der Waals surface area contributed by atoms with E-state index in [-0.39, 0.29) is 0 Å². The Morgan fingerprint density at radius 1 is 0.226 bits per heavy atom. The van der Waals surface area contributed by atoms with Crippen LogP contribution in [0, 0.1) is 0 Å². The number of benzene rings is 10. The maximum Gasteiger partial charge on any atom is 0.0541 e. The van der Waals surface area contributed by atoms with Crippen molar-refractivity contribution in [3.63, 3.8) is 0 Å². The lowest BCUT2D eigenvalue weighted by atomic mass is 9.97. The molecule has 0 radical (unpaired) electrons. The van der Waals surface area contributed by atoms with Gasteiger partial charge in [-0.3, -0.25) is 0 Å². The molecule has 292 valence electrons. The summed E-state index contributed by atoms with van der Waals surface area (Å²) in [5, 5.41) is 2.53. The molecule has 11 rings (SSSR count). The molecule has 1 aromatic heterocycles. The number of anilines is 3. The van der Waals surface area contributed by atoms with E-state index in [0.717, 1.165) is 17.1 Å². The fraction of sp³-hybridized carbons (Fsp3) is 0. The van der Waals surface area contributed by atoms with E-state index in [1.165, 1.54) is 83.1 Å². The van der Waals surface area contributed by atoms with E-state index in [4.69, 9.17) is 0 Å². The summed E-state index contributed by atoms with van der Waals surface area (Å²) < 4.78 is 2.36. The predicted octanol–water partition coefficient (Wildman–Crippen LogP) is 16.6. The third kappa shape index (κ3) is 7.04. The van der Waals surface area contributed by atoms with Crippen LogP contribution in [0.4, 0.5) is 17.1 Å². The first-order valence-corrected chi connectivity index (χ1v) is 21.2. The van der Waals surface area contributed by atoms with Crippen LogP contribution in [-0.4, -0.2) is 4.57 Å². The highest BCUT2D eigenvalue weighted by Crippen LogP contribution is 2.38. The normalized spacial score (nSPS) is 11.2. The van der Waals surface area contributed by atoms with Crippen LogP contribution in [0.3, 0.4) is 0 Å². The maximum atomic E-state index is 2.36. The zero-order valence-electron chi connectivity index (χ0n) is 34.1. The average molecular weight is 791 g/mol. The minimum absolute atomic E-state index is 1.11. The Kier molecular flexibility index (Phi) is 9.57. The van der Waals surface area contributed by atoms with Crippen molar-refractivity contribution in [2.45, 2.75) is 0 Å². The van der Waals surface area contributed by atoms with Gasteiger partial charge in [0.25, 0.3) is 0 Å². The van der Waals surface area contributed by atoms with Crippen LogP contribution in [0.5, 0.6) is 0 Å². The average Bonchev–Trinajstić information content (AvgIpc) is 3.69. The molecule has 0 saturated heterocycles. The van der Waals surface area contributed by atoms with Crippen LogP contribution in [0.25, 0.3) is 83.1 Å². The Balaban J connectivity index is 0.818. The first kappa shape index (κ1) is 36.8. The van der Waals surface area contributed by atoms with Gasteiger partial charge in [0.2, 0.25) is 0 Å². The summed E-state index contributed by atoms with van der Waals surface area (Å²) in [5.74, 6) is 0. The molecular formula is C60H42N2. The Bertz CT molecular complexity index is 3260. The Hall–Kier alpha value is -8.20. The molecule has 0 atom stereocenters. The molecule has 0 N–H and O–H groups in total. The van der Waals surface area contributed by atoms with E-state index in [2.05, 4.69) is 264 Å². The van der Waals surface area contributed by atoms with Gasteiger partial charge >= 0.3 is 0 Å². The molecule has 2 nitrogen and oxygen atoms in total. The zero-order valence-corrected chi connectivity index (χ0v) is 34.1. The summed E-state index contributed by atoms with van der Waals surface area (Å²) in [6.07, 6.45) is 0. The van der Waals surface area contributed by atoms with Gasteiger partial charge in [-0.1, -0.05) is 188 Å². The molecule has 62 heavy (non-hydrogen) atoms. The van der Waals surface area contributed by atoms with Gasteiger partial charge in [-0.05, 0) is 122 Å². The topological polar surface area (TPSA) is 8.17 Å². The quantitative estimate of drug-likeness (QED) is 0.141. The molecule has 11 aromatic rings. The van der Waals surface area contributed by atoms with Gasteiger partial charge in [-0.25, -0.2) is 0 Å². The molecule has 10 aromatic carbocycles. The van der Waals surface area contributed by atoms with Crippen LogP contribution in [0.2, 0.25) is 0 Å². The standard InChI is InChI=1S/C60H42N2/c1-4-12-43(13-5-1)44-20-22-47(23-21-44)49-32-37-55(38-33-49)61(53-14-6-2-7-15-53)56-39-34-50(35-40-56)48-26-24-45(25-27-48)46-28-30-51(31-29-46)52-36-41-60-58(42-52)57-18-10-11-19-59(57)62(60)54-16-8-3-9-17-54/h1-42H. The van der Waals surface area contributed by atoms with Crippen molar-refractivity contribution < 1.29 is 0 Å². The second kappa shape index (κ2) is 16.1. The Morgan fingerprint density at radius 3 is 1.03 bits per heavy atom. The van der Waals surface area contributed by atoms with Crippen LogP contribution >= 0.6 is 0 Å². The summed E-state index contributed by atoms with van der Waals surface area (Å²) in [7, 11) is 0. The number of nitrogens with zero attached hydrogens (tertiary/aromatic N) is 2. The number of rotatable bonds is 9. The third-order valence-electron chi connectivity index (χ3n) is 12.0. The van der Waals surface area contributed by atoms with Crippen molar-refractivity contribution >= 4 is 38.9 Å². The first-order chi connectivity index (χ1) is 30.7. The van der Waals surface area contributed by atoms with Crippen molar-refractivity contribution in [3.05, 3.63) is 255 Å². The van der Waals surface area contributed by atoms with Gasteiger partial charge in [-0.2, -0.15) is 0 Å². The van der Waals surface area contributed by atoms with Gasteiger partial charge in [0.05, 0.1) is 11.0 Å². The third-order valence-corrected chi connectivity index (χ3v) is 12.0. The van der Waals surface area contributed by atoms with E-state index < -0.39 is 0 Å². The van der Waals surface area contributed by atoms with E-state index >= 15 is 0 Å². The molecule has 2 heteroatoms. The first-order valence-electron chi connectivity index (χ1n) is 21.2. The van der Waals surface area contributed by atoms with Gasteiger partial charge in [0.15, 0.2) is 0 Å². The number of para-hydroxylation sites is 3. The maximum absolute atomic E-state index is 2.36. The van der Waals surface area contributed by atoms with Crippen LogP contribution in [-0.2, 0) is 0 Å². The van der Waals surface area contributed by atoms with Crippen LogP contribution < -0.4 is 4.90 Å². The Labute approximate surface area is 362 Å². The number of aromatic nitrogens is 1. The second-order valence-electron chi connectivity index (χ2n) is 15.8. The van der Waals surface area contributed by atoms with E-state index in [9.17, 15) is 0 Å². The number of hydrogen-bond donors (Lipinski definition) is 0. The van der Waals surface area contributed by atoms with Crippen molar-refractivity contribution in [2.24, 2.45) is 0 Å². The molecule has 0 aliphatic carbocycles. The monoisotopic (exact) mass is 790 g/mol. The number of fused-ring (bicyclic) bond motifs is 3. The molecule has 0 unspecified atom stereocenters. The summed E-state index contributed by atoms with van der Waals surface area (Å²) in [6.45, 7) is 0. The van der Waals surface area contributed by atoms with Gasteiger partial charge in [0.1, 0.15) is 0 Å². The summed E-state index contributed by atoms with van der Waals surface area (Å²) in [4.78, 5) is 2.32. The largest absolute Gasteiger partial charge is 0.311 e. The molecule has 0 bridgehead atoms. The van der Waals surface area contributed by atoms with Gasteiger partial charge < -0.3 is 9.47 Å². The molecule has 0 fully saturated rings. The molecule has 0 aliphatic heterocycles. The molecule has 0 amide bonds. The smallest absolute Gasteiger partial charge is 0.0541 e. The van der Waals surface area contributed by atoms with E-state index in [0.29, 0.717) is 0 Å². The summed E-state index contributed by atoms with van der Waals surface area (Å²) in [6, 6.07) is 91.8. The van der Waals surface area contributed by atoms with Crippen molar-refractivity contribution in [3.8, 4) is 61.3 Å². The minimum Gasteiger partial charge on any atom is -0.311 e. The lowest BCUT2D eigenvalue weighted by Crippen LogP contribution is -2.09. The molecule has 0 saturated carbocycles. The molecule has 0 aliphatic rings. The Morgan fingerprint density at radius 2 is 0.548 bits per heavy atom. The van der Waals surface area contributed by atoms with E-state index in [1.807, 2.05) is 0 Å². The molecule has 0 spiro atoms. The van der Waals surface area contributed by atoms with Crippen molar-refractivity contribution in [1.29, 1.82) is 0 Å². The highest BCUT2D eigenvalue weighted by Gasteiger charge is 2.15. The second-order valence-corrected chi connectivity index (χ2v) is 15.8.